The Morgan fingerprint density at radius 2 is 2.16 bits per heavy atom. The molecule has 2 aromatic heterocycles. The summed E-state index contributed by atoms with van der Waals surface area (Å²) in [7, 11) is 1.51. The van der Waals surface area contributed by atoms with Crippen molar-refractivity contribution in [1.29, 1.82) is 0 Å². The largest absolute Gasteiger partial charge is 0.356 e. The number of fused-ring (bicyclic) bond motifs is 1. The van der Waals surface area contributed by atoms with Crippen molar-refractivity contribution in [3.05, 3.63) is 56.0 Å². The molecule has 0 bridgehead atoms. The SMILES string of the molecule is Cn1cc(C(=O)NN(C(N)=O)c2ccc3c(cnn3C3CCCCO3)c2Cl)cc(Br)c1=O. The predicted molar refractivity (Wildman–Crippen MR) is 122 cm³/mol. The third-order valence-corrected chi connectivity index (χ3v) is 6.16. The van der Waals surface area contributed by atoms with E-state index in [1.165, 1.54) is 23.9 Å². The summed E-state index contributed by atoms with van der Waals surface area (Å²) in [5.74, 6) is -0.650. The number of nitrogens with zero attached hydrogens (tertiary/aromatic N) is 4. The fourth-order valence-corrected chi connectivity index (χ4v) is 4.41. The van der Waals surface area contributed by atoms with E-state index in [-0.39, 0.29) is 32.5 Å². The van der Waals surface area contributed by atoms with Crippen molar-refractivity contribution in [2.45, 2.75) is 25.5 Å². The highest BCUT2D eigenvalue weighted by molar-refractivity contribution is 9.10. The van der Waals surface area contributed by atoms with Gasteiger partial charge in [-0.2, -0.15) is 5.10 Å². The Kier molecular flexibility index (Phi) is 6.22. The number of aromatic nitrogens is 3. The molecule has 0 spiro atoms. The lowest BCUT2D eigenvalue weighted by atomic mass is 10.2. The summed E-state index contributed by atoms with van der Waals surface area (Å²) in [5, 5.41) is 6.05. The fraction of sp³-hybridized carbons (Fsp3) is 0.300. The maximum Gasteiger partial charge on any atom is 0.338 e. The van der Waals surface area contributed by atoms with E-state index in [0.29, 0.717) is 12.0 Å². The minimum Gasteiger partial charge on any atom is -0.356 e. The van der Waals surface area contributed by atoms with Gasteiger partial charge in [-0.1, -0.05) is 11.6 Å². The lowest BCUT2D eigenvalue weighted by molar-refractivity contribution is -0.0366. The molecular weight excluding hydrogens is 504 g/mol. The van der Waals surface area contributed by atoms with Crippen LogP contribution in [0.5, 0.6) is 0 Å². The number of hydrazine groups is 1. The average Bonchev–Trinajstić information content (AvgIpc) is 3.21. The smallest absolute Gasteiger partial charge is 0.338 e. The van der Waals surface area contributed by atoms with Crippen LogP contribution in [0.2, 0.25) is 5.02 Å². The molecule has 0 saturated carbocycles. The van der Waals surface area contributed by atoms with Crippen molar-refractivity contribution < 1.29 is 14.3 Å². The highest BCUT2D eigenvalue weighted by Crippen LogP contribution is 2.35. The number of carbonyl (C=O) groups is 2. The van der Waals surface area contributed by atoms with Crippen molar-refractivity contribution in [2.24, 2.45) is 12.8 Å². The molecule has 3 heterocycles. The Morgan fingerprint density at radius 1 is 1.38 bits per heavy atom. The van der Waals surface area contributed by atoms with E-state index >= 15 is 0 Å². The molecule has 1 saturated heterocycles. The highest BCUT2D eigenvalue weighted by atomic mass is 79.9. The zero-order chi connectivity index (χ0) is 23.0. The topological polar surface area (TPSA) is 124 Å². The molecule has 4 rings (SSSR count). The van der Waals surface area contributed by atoms with E-state index in [2.05, 4.69) is 26.5 Å². The van der Waals surface area contributed by atoms with E-state index in [1.807, 2.05) is 0 Å². The molecule has 1 aliphatic rings. The third kappa shape index (κ3) is 4.10. The lowest BCUT2D eigenvalue weighted by Gasteiger charge is -2.24. The normalized spacial score (nSPS) is 16.2. The second-order valence-corrected chi connectivity index (χ2v) is 8.58. The minimum atomic E-state index is -0.938. The molecule has 1 aliphatic heterocycles. The maximum absolute atomic E-state index is 12.8. The molecule has 168 valence electrons. The van der Waals surface area contributed by atoms with Crippen LogP contribution in [0.4, 0.5) is 10.5 Å². The Morgan fingerprint density at radius 3 is 2.81 bits per heavy atom. The molecule has 12 heteroatoms. The van der Waals surface area contributed by atoms with Crippen molar-refractivity contribution in [3.63, 3.8) is 0 Å². The molecule has 3 aromatic rings. The Hall–Kier alpha value is -2.89. The van der Waals surface area contributed by atoms with Gasteiger partial charge in [0.25, 0.3) is 11.5 Å². The van der Waals surface area contributed by atoms with Crippen LogP contribution in [0.1, 0.15) is 35.8 Å². The van der Waals surface area contributed by atoms with Gasteiger partial charge in [0.05, 0.1) is 32.5 Å². The number of primary amides is 1. The quantitative estimate of drug-likeness (QED) is 0.511. The first kappa shape index (κ1) is 22.3. The van der Waals surface area contributed by atoms with Crippen molar-refractivity contribution >= 4 is 56.1 Å². The van der Waals surface area contributed by atoms with Gasteiger partial charge >= 0.3 is 6.03 Å². The van der Waals surface area contributed by atoms with Crippen molar-refractivity contribution in [1.82, 2.24) is 19.8 Å². The zero-order valence-corrected chi connectivity index (χ0v) is 19.4. The number of rotatable bonds is 3. The molecular formula is C20H20BrClN6O4. The lowest BCUT2D eigenvalue weighted by Crippen LogP contribution is -2.49. The molecule has 1 atom stereocenters. The zero-order valence-electron chi connectivity index (χ0n) is 17.0. The molecule has 0 aliphatic carbocycles. The molecule has 3 N–H and O–H groups in total. The van der Waals surface area contributed by atoms with E-state index in [9.17, 15) is 14.4 Å². The van der Waals surface area contributed by atoms with Gasteiger partial charge < -0.3 is 15.0 Å². The number of urea groups is 1. The van der Waals surface area contributed by atoms with Crippen LogP contribution in [-0.4, -0.2) is 32.9 Å². The van der Waals surface area contributed by atoms with Gasteiger partial charge in [0.2, 0.25) is 0 Å². The van der Waals surface area contributed by atoms with Gasteiger partial charge in [0.15, 0.2) is 6.23 Å². The first-order valence-corrected chi connectivity index (χ1v) is 11.0. The van der Waals surface area contributed by atoms with Crippen LogP contribution in [0.3, 0.4) is 0 Å². The van der Waals surface area contributed by atoms with E-state index < -0.39 is 11.9 Å². The average molecular weight is 524 g/mol. The Bertz CT molecular complexity index is 1240. The standard InChI is InChI=1S/C20H20BrClN6O4/c1-26-10-11(8-13(21)19(26)30)18(29)25-28(20(23)31)15-6-5-14-12(17(15)22)9-24-27(14)16-4-2-3-7-32-16/h5-6,8-10,16H,2-4,7H2,1H3,(H2,23,31)(H,25,29). The Labute approximate surface area is 196 Å². The summed E-state index contributed by atoms with van der Waals surface area (Å²) in [6, 6.07) is 3.74. The van der Waals surface area contributed by atoms with Crippen LogP contribution < -0.4 is 21.7 Å². The van der Waals surface area contributed by atoms with Crippen LogP contribution in [0.25, 0.3) is 10.9 Å². The van der Waals surface area contributed by atoms with E-state index in [0.717, 1.165) is 29.8 Å². The number of ether oxygens (including phenoxy) is 1. The summed E-state index contributed by atoms with van der Waals surface area (Å²) >= 11 is 9.71. The van der Waals surface area contributed by atoms with Crippen LogP contribution >= 0.6 is 27.5 Å². The molecule has 1 unspecified atom stereocenters. The summed E-state index contributed by atoms with van der Waals surface area (Å²) in [4.78, 5) is 36.8. The monoisotopic (exact) mass is 522 g/mol. The van der Waals surface area contributed by atoms with Gasteiger partial charge in [0, 0.05) is 25.2 Å². The molecule has 0 radical (unpaired) electrons. The maximum atomic E-state index is 12.8. The summed E-state index contributed by atoms with van der Waals surface area (Å²) in [6.45, 7) is 0.667. The third-order valence-electron chi connectivity index (χ3n) is 5.20. The molecule has 3 amide bonds. The number of anilines is 1. The van der Waals surface area contributed by atoms with Gasteiger partial charge in [-0.25, -0.2) is 14.5 Å². The van der Waals surface area contributed by atoms with Crippen LogP contribution in [0, 0.1) is 0 Å². The molecule has 10 nitrogen and oxygen atoms in total. The summed E-state index contributed by atoms with van der Waals surface area (Å²) in [6.07, 6.45) is 5.65. The summed E-state index contributed by atoms with van der Waals surface area (Å²) in [5.41, 5.74) is 8.73. The number of hydrogen-bond acceptors (Lipinski definition) is 5. The number of hydrogen-bond donors (Lipinski definition) is 2. The van der Waals surface area contributed by atoms with Crippen LogP contribution in [-0.2, 0) is 11.8 Å². The number of pyridine rings is 1. The first-order chi connectivity index (χ1) is 15.3. The molecule has 1 fully saturated rings. The van der Waals surface area contributed by atoms with Gasteiger partial charge in [0.1, 0.15) is 0 Å². The van der Waals surface area contributed by atoms with Crippen molar-refractivity contribution in [2.75, 3.05) is 11.6 Å². The number of nitrogens with two attached hydrogens (primary N) is 1. The molecule has 1 aromatic carbocycles. The first-order valence-electron chi connectivity index (χ1n) is 9.82. The Balaban J connectivity index is 1.67. The van der Waals surface area contributed by atoms with Gasteiger partial charge in [-0.15, -0.1) is 0 Å². The number of nitrogens with one attached hydrogen (secondary N) is 1. The van der Waals surface area contributed by atoms with Gasteiger partial charge in [-0.05, 0) is 53.4 Å². The number of carbonyl (C=O) groups excluding carboxylic acids is 2. The molecule has 32 heavy (non-hydrogen) atoms. The number of amides is 3. The summed E-state index contributed by atoms with van der Waals surface area (Å²) < 4.78 is 9.01. The minimum absolute atomic E-state index is 0.143. The van der Waals surface area contributed by atoms with Gasteiger partial charge in [-0.3, -0.25) is 15.0 Å². The highest BCUT2D eigenvalue weighted by Gasteiger charge is 2.24. The fourth-order valence-electron chi connectivity index (χ4n) is 3.59. The van der Waals surface area contributed by atoms with Crippen LogP contribution in [0.15, 0.2) is 39.9 Å². The second-order valence-electron chi connectivity index (χ2n) is 7.35. The predicted octanol–water partition coefficient (Wildman–Crippen LogP) is 3.08. The van der Waals surface area contributed by atoms with E-state index in [1.54, 1.807) is 23.0 Å². The number of benzene rings is 1. The number of aryl methyl sites for hydroxylation is 1. The van der Waals surface area contributed by atoms with Crippen molar-refractivity contribution in [3.8, 4) is 0 Å². The number of halogens is 2. The second kappa shape index (κ2) is 8.93. The van der Waals surface area contributed by atoms with E-state index in [4.69, 9.17) is 22.1 Å².